The van der Waals surface area contributed by atoms with Gasteiger partial charge in [0.05, 0.1) is 17.7 Å². The summed E-state index contributed by atoms with van der Waals surface area (Å²) >= 11 is 2.16. The van der Waals surface area contributed by atoms with E-state index in [9.17, 15) is 4.79 Å². The van der Waals surface area contributed by atoms with Crippen molar-refractivity contribution in [2.24, 2.45) is 0 Å². The van der Waals surface area contributed by atoms with E-state index in [0.717, 1.165) is 39.6 Å². The molecule has 3 aromatic rings. The van der Waals surface area contributed by atoms with E-state index in [2.05, 4.69) is 39.5 Å². The van der Waals surface area contributed by atoms with Crippen LogP contribution in [0, 0.1) is 12.3 Å². The van der Waals surface area contributed by atoms with Gasteiger partial charge >= 0.3 is 0 Å². The lowest BCUT2D eigenvalue weighted by Crippen LogP contribution is -2.34. The van der Waals surface area contributed by atoms with Crippen molar-refractivity contribution in [1.29, 1.82) is 0 Å². The highest BCUT2D eigenvalue weighted by molar-refractivity contribution is 8.01. The number of hydrogen-bond donors (Lipinski definition) is 1. The fourth-order valence-corrected chi connectivity index (χ4v) is 6.27. The second kappa shape index (κ2) is 7.71. The van der Waals surface area contributed by atoms with Crippen molar-refractivity contribution in [3.05, 3.63) is 76.2 Å². The molecule has 6 heteroatoms. The van der Waals surface area contributed by atoms with E-state index in [0.29, 0.717) is 29.2 Å². The molecule has 0 bridgehead atoms. The van der Waals surface area contributed by atoms with Crippen molar-refractivity contribution in [1.82, 2.24) is 14.9 Å². The number of rotatable bonds is 8. The van der Waals surface area contributed by atoms with Crippen LogP contribution in [-0.2, 0) is 13.2 Å². The first kappa shape index (κ1) is 20.4. The molecule has 2 aromatic heterocycles. The first-order valence-electron chi connectivity index (χ1n) is 11.5. The molecule has 0 amide bonds. The summed E-state index contributed by atoms with van der Waals surface area (Å²) in [7, 11) is 0. The van der Waals surface area contributed by atoms with E-state index in [1.807, 2.05) is 47.2 Å². The summed E-state index contributed by atoms with van der Waals surface area (Å²) in [6, 6.07) is 11.8. The maximum Gasteiger partial charge on any atom is 0.261 e. The maximum atomic E-state index is 13.5. The molecule has 0 spiro atoms. The van der Waals surface area contributed by atoms with Crippen LogP contribution < -0.4 is 15.8 Å². The quantitative estimate of drug-likeness (QED) is 0.513. The predicted molar refractivity (Wildman–Crippen MR) is 136 cm³/mol. The largest absolute Gasteiger partial charge is 0.381 e. The van der Waals surface area contributed by atoms with E-state index in [1.165, 1.54) is 25.7 Å². The lowest BCUT2D eigenvalue weighted by molar-refractivity contribution is 0.649. The van der Waals surface area contributed by atoms with Crippen LogP contribution in [0.5, 0.6) is 0 Å². The molecule has 0 unspecified atom stereocenters. The Morgan fingerprint density at radius 2 is 2.06 bits per heavy atom. The van der Waals surface area contributed by atoms with Gasteiger partial charge < -0.3 is 10.2 Å². The summed E-state index contributed by atoms with van der Waals surface area (Å²) in [5, 5.41) is 5.19. The number of hydrogen-bond acceptors (Lipinski definition) is 5. The van der Waals surface area contributed by atoms with Gasteiger partial charge in [-0.05, 0) is 55.5 Å². The Morgan fingerprint density at radius 3 is 2.76 bits per heavy atom. The van der Waals surface area contributed by atoms with Gasteiger partial charge in [0.15, 0.2) is 5.82 Å². The lowest BCUT2D eigenvalue weighted by Gasteiger charge is -2.24. The number of aromatic nitrogens is 2. The minimum Gasteiger partial charge on any atom is -0.381 e. The molecule has 33 heavy (non-hydrogen) atoms. The highest BCUT2D eigenvalue weighted by atomic mass is 32.2. The zero-order valence-electron chi connectivity index (χ0n) is 18.5. The van der Waals surface area contributed by atoms with E-state index < -0.39 is 0 Å². The van der Waals surface area contributed by atoms with Crippen molar-refractivity contribution in [3.63, 3.8) is 0 Å². The second-order valence-electron chi connectivity index (χ2n) is 9.38. The first-order valence-corrected chi connectivity index (χ1v) is 12.4. The summed E-state index contributed by atoms with van der Waals surface area (Å²) in [6.45, 7) is 6.27. The molecular weight excluding hydrogens is 428 g/mol. The molecule has 0 radical (unpaired) electrons. The number of thioether (sulfide) groups is 1. The molecule has 1 aromatic carbocycles. The van der Waals surface area contributed by atoms with Crippen molar-refractivity contribution < 1.29 is 0 Å². The SMILES string of the molecule is C#Cc1ccc(CNC(=C)c2cc3ccnc4c3n(c2=O)CN4CC2(SC3CC3)CC2)cc1. The minimum absolute atomic E-state index is 0.0147. The number of nitrogens with zero attached hydrogens (tertiary/aromatic N) is 3. The van der Waals surface area contributed by atoms with Crippen LogP contribution in [0.1, 0.15) is 42.4 Å². The Hall–Kier alpha value is -3.17. The standard InChI is InChI=1S/C27H26N4OS/c1-3-19-4-6-20(7-5-19)15-29-18(2)23-14-21-10-13-28-25-24(21)31(26(23)32)17-30(25)16-27(11-12-27)33-22-8-9-22/h1,4-7,10,13-14,22,29H,2,8-9,11-12,15-17H2. The zero-order chi connectivity index (χ0) is 22.6. The summed E-state index contributed by atoms with van der Waals surface area (Å²) in [4.78, 5) is 20.5. The molecule has 6 rings (SSSR count). The predicted octanol–water partition coefficient (Wildman–Crippen LogP) is 4.34. The molecule has 5 nitrogen and oxygen atoms in total. The topological polar surface area (TPSA) is 50.2 Å². The third-order valence-corrected chi connectivity index (χ3v) is 8.61. The van der Waals surface area contributed by atoms with Gasteiger partial charge in [0.2, 0.25) is 0 Å². The van der Waals surface area contributed by atoms with E-state index in [-0.39, 0.29) is 5.56 Å². The van der Waals surface area contributed by atoms with E-state index in [4.69, 9.17) is 6.42 Å². The second-order valence-corrected chi connectivity index (χ2v) is 11.1. The number of pyridine rings is 2. The third kappa shape index (κ3) is 3.81. The highest BCUT2D eigenvalue weighted by Gasteiger charge is 2.49. The van der Waals surface area contributed by atoms with Crippen molar-refractivity contribution in [3.8, 4) is 12.3 Å². The number of anilines is 1. The molecule has 3 aliphatic rings. The van der Waals surface area contributed by atoms with Crippen molar-refractivity contribution >= 4 is 34.2 Å². The molecule has 1 N–H and O–H groups in total. The Balaban J connectivity index is 1.25. The van der Waals surface area contributed by atoms with Crippen LogP contribution >= 0.6 is 11.8 Å². The van der Waals surface area contributed by atoms with Crippen LogP contribution in [0.2, 0.25) is 0 Å². The van der Waals surface area contributed by atoms with Gasteiger partial charge in [-0.1, -0.05) is 24.6 Å². The Kier molecular flexibility index (Phi) is 4.77. The molecule has 2 fully saturated rings. The van der Waals surface area contributed by atoms with Crippen LogP contribution in [0.3, 0.4) is 0 Å². The summed E-state index contributed by atoms with van der Waals surface area (Å²) in [5.74, 6) is 3.56. The molecule has 1 aliphatic heterocycles. The van der Waals surface area contributed by atoms with Gasteiger partial charge in [-0.25, -0.2) is 4.98 Å². The monoisotopic (exact) mass is 454 g/mol. The molecule has 3 heterocycles. The molecule has 0 saturated heterocycles. The van der Waals surface area contributed by atoms with Crippen LogP contribution in [-0.4, -0.2) is 26.1 Å². The molecule has 166 valence electrons. The fourth-order valence-electron chi connectivity index (χ4n) is 4.62. The molecular formula is C27H26N4OS. The van der Waals surface area contributed by atoms with Gasteiger partial charge in [0, 0.05) is 45.9 Å². The van der Waals surface area contributed by atoms with Crippen LogP contribution in [0.4, 0.5) is 5.82 Å². The molecule has 2 saturated carbocycles. The van der Waals surface area contributed by atoms with Gasteiger partial charge in [-0.3, -0.25) is 9.36 Å². The van der Waals surface area contributed by atoms with Crippen LogP contribution in [0.15, 0.2) is 54.0 Å². The third-order valence-electron chi connectivity index (χ3n) is 6.77. The summed E-state index contributed by atoms with van der Waals surface area (Å²) in [6.07, 6.45) is 12.5. The van der Waals surface area contributed by atoms with Gasteiger partial charge in [0.25, 0.3) is 5.56 Å². The van der Waals surface area contributed by atoms with Crippen molar-refractivity contribution in [2.45, 2.75) is 48.9 Å². The Labute approximate surface area is 197 Å². The maximum absolute atomic E-state index is 13.5. The fraction of sp³-hybridized carbons (Fsp3) is 0.333. The van der Waals surface area contributed by atoms with Gasteiger partial charge in [-0.2, -0.15) is 0 Å². The average molecular weight is 455 g/mol. The minimum atomic E-state index is -0.0147. The van der Waals surface area contributed by atoms with E-state index >= 15 is 0 Å². The van der Waals surface area contributed by atoms with Crippen molar-refractivity contribution in [2.75, 3.05) is 11.4 Å². The Bertz CT molecular complexity index is 1360. The Morgan fingerprint density at radius 1 is 1.27 bits per heavy atom. The van der Waals surface area contributed by atoms with Crippen LogP contribution in [0.25, 0.3) is 16.6 Å². The van der Waals surface area contributed by atoms with Gasteiger partial charge in [0.1, 0.15) is 0 Å². The number of benzene rings is 1. The zero-order valence-corrected chi connectivity index (χ0v) is 19.3. The lowest BCUT2D eigenvalue weighted by atomic mass is 10.1. The molecule has 0 atom stereocenters. The average Bonchev–Trinajstić information content (AvgIpc) is 3.76. The van der Waals surface area contributed by atoms with Gasteiger partial charge in [-0.15, -0.1) is 18.2 Å². The number of nitrogens with one attached hydrogen (secondary N) is 1. The molecule has 2 aliphatic carbocycles. The normalized spacial score (nSPS) is 17.7. The smallest absolute Gasteiger partial charge is 0.261 e. The summed E-state index contributed by atoms with van der Waals surface area (Å²) in [5.41, 5.74) is 4.10. The highest BCUT2D eigenvalue weighted by Crippen LogP contribution is 2.56. The van der Waals surface area contributed by atoms with E-state index in [1.54, 1.807) is 0 Å². The number of terminal acetylenes is 1. The summed E-state index contributed by atoms with van der Waals surface area (Å²) < 4.78 is 2.22. The first-order chi connectivity index (χ1) is 16.0.